The van der Waals surface area contributed by atoms with Gasteiger partial charge in [-0.1, -0.05) is 78.5 Å². The van der Waals surface area contributed by atoms with E-state index in [0.29, 0.717) is 16.7 Å². The van der Waals surface area contributed by atoms with Crippen LogP contribution in [0.4, 0.5) is 0 Å². The number of aromatic nitrogens is 4. The number of rotatable bonds is 10. The first-order valence-electron chi connectivity index (χ1n) is 13.1. The smallest absolute Gasteiger partial charge is 0.356 e. The molecule has 214 valence electrons. The minimum atomic E-state index is -0.721. The van der Waals surface area contributed by atoms with Crippen LogP contribution < -0.4 is 5.32 Å². The topological polar surface area (TPSA) is 119 Å². The molecule has 10 nitrogen and oxygen atoms in total. The summed E-state index contributed by atoms with van der Waals surface area (Å²) in [6, 6.07) is 22.1. The lowest BCUT2D eigenvalue weighted by molar-refractivity contribution is -0.154. The Morgan fingerprint density at radius 2 is 1.79 bits per heavy atom. The number of aryl methyl sites for hydroxylation is 1. The Hall–Kier alpha value is -3.94. The van der Waals surface area contributed by atoms with E-state index < -0.39 is 23.5 Å². The highest BCUT2D eigenvalue weighted by molar-refractivity contribution is 8.01. The summed E-state index contributed by atoms with van der Waals surface area (Å²) in [7, 11) is 1.74. The number of amides is 2. The second-order valence-electron chi connectivity index (χ2n) is 9.64. The van der Waals surface area contributed by atoms with Crippen molar-refractivity contribution in [2.45, 2.75) is 29.1 Å². The van der Waals surface area contributed by atoms with E-state index in [1.54, 1.807) is 11.7 Å². The number of carbonyl (C=O) groups excluding carboxylic acids is 3. The normalized spacial score (nSPS) is 18.0. The molecule has 0 aliphatic carbocycles. The molecule has 4 heterocycles. The molecule has 13 heteroatoms. The van der Waals surface area contributed by atoms with Gasteiger partial charge in [-0.15, -0.1) is 28.2 Å². The van der Waals surface area contributed by atoms with E-state index in [1.807, 2.05) is 78.2 Å². The second-order valence-corrected chi connectivity index (χ2v) is 12.7. The fourth-order valence-electron chi connectivity index (χ4n) is 4.82. The van der Waals surface area contributed by atoms with Gasteiger partial charge in [0.2, 0.25) is 11.1 Å². The van der Waals surface area contributed by atoms with E-state index >= 15 is 0 Å². The van der Waals surface area contributed by atoms with Gasteiger partial charge in [-0.05, 0) is 38.6 Å². The van der Waals surface area contributed by atoms with Crippen LogP contribution in [0.3, 0.4) is 0 Å². The molecular formula is C29H26N6O4S3. The molecule has 0 radical (unpaired) electrons. The zero-order valence-electron chi connectivity index (χ0n) is 22.5. The van der Waals surface area contributed by atoms with Crippen LogP contribution in [0.1, 0.15) is 22.1 Å². The van der Waals surface area contributed by atoms with Crippen molar-refractivity contribution in [3.05, 3.63) is 105 Å². The van der Waals surface area contributed by atoms with E-state index in [4.69, 9.17) is 4.74 Å². The van der Waals surface area contributed by atoms with Gasteiger partial charge in [0, 0.05) is 23.4 Å². The van der Waals surface area contributed by atoms with Gasteiger partial charge in [0.05, 0.1) is 6.42 Å². The monoisotopic (exact) mass is 618 g/mol. The first-order chi connectivity index (χ1) is 20.5. The third kappa shape index (κ3) is 5.85. The number of fused-ring (bicyclic) bond motifs is 1. The molecule has 1 saturated heterocycles. The van der Waals surface area contributed by atoms with Crippen molar-refractivity contribution in [3.8, 4) is 0 Å². The quantitative estimate of drug-likeness (QED) is 0.162. The number of thioether (sulfide) groups is 2. The summed E-state index contributed by atoms with van der Waals surface area (Å²) in [5.41, 5.74) is 2.58. The summed E-state index contributed by atoms with van der Waals surface area (Å²) < 4.78 is 7.75. The zero-order chi connectivity index (χ0) is 29.1. The summed E-state index contributed by atoms with van der Waals surface area (Å²) in [5, 5.41) is 16.5. The fraction of sp³-hybridized carbons (Fsp3) is 0.241. The van der Waals surface area contributed by atoms with Crippen molar-refractivity contribution in [2.75, 3.05) is 11.5 Å². The summed E-state index contributed by atoms with van der Waals surface area (Å²) in [4.78, 5) is 42.7. The molecule has 0 spiro atoms. The Morgan fingerprint density at radius 1 is 1.07 bits per heavy atom. The molecule has 4 aromatic rings. The first-order valence-corrected chi connectivity index (χ1v) is 16.1. The minimum Gasteiger partial charge on any atom is -0.448 e. The minimum absolute atomic E-state index is 0.201. The molecule has 0 saturated carbocycles. The van der Waals surface area contributed by atoms with Gasteiger partial charge in [0.1, 0.15) is 17.1 Å². The van der Waals surface area contributed by atoms with E-state index in [1.165, 1.54) is 39.8 Å². The fourth-order valence-corrected chi connectivity index (χ4v) is 7.86. The number of ether oxygens (including phenoxy) is 1. The number of β-lactam (4-membered cyclic amide) rings is 1. The lowest BCUT2D eigenvalue weighted by atomic mass is 10.0. The Labute approximate surface area is 254 Å². The van der Waals surface area contributed by atoms with Crippen LogP contribution >= 0.6 is 34.9 Å². The lowest BCUT2D eigenvalue weighted by Crippen LogP contribution is -2.70. The van der Waals surface area contributed by atoms with Crippen LogP contribution in [0, 0.1) is 0 Å². The molecule has 6 rings (SSSR count). The molecule has 42 heavy (non-hydrogen) atoms. The molecular weight excluding hydrogens is 593 g/mol. The van der Waals surface area contributed by atoms with E-state index in [-0.39, 0.29) is 23.9 Å². The van der Waals surface area contributed by atoms with Crippen LogP contribution in [-0.2, 0) is 32.6 Å². The molecule has 0 bridgehead atoms. The van der Waals surface area contributed by atoms with Crippen LogP contribution in [0.5, 0.6) is 0 Å². The summed E-state index contributed by atoms with van der Waals surface area (Å²) in [6.07, 6.45) is -0.470. The Bertz CT molecular complexity index is 1570. The van der Waals surface area contributed by atoms with Gasteiger partial charge in [0.15, 0.2) is 6.10 Å². The maximum atomic E-state index is 14.0. The number of tetrazole rings is 1. The third-order valence-electron chi connectivity index (χ3n) is 6.86. The predicted molar refractivity (Wildman–Crippen MR) is 160 cm³/mol. The van der Waals surface area contributed by atoms with Gasteiger partial charge in [-0.25, -0.2) is 9.48 Å². The van der Waals surface area contributed by atoms with Crippen molar-refractivity contribution in [3.63, 3.8) is 0 Å². The van der Waals surface area contributed by atoms with Crippen LogP contribution in [0.2, 0.25) is 0 Å². The van der Waals surface area contributed by atoms with E-state index in [0.717, 1.165) is 21.6 Å². The van der Waals surface area contributed by atoms with Crippen molar-refractivity contribution >= 4 is 52.6 Å². The average molecular weight is 619 g/mol. The molecule has 2 aliphatic heterocycles. The average Bonchev–Trinajstić information content (AvgIpc) is 3.69. The van der Waals surface area contributed by atoms with Crippen molar-refractivity contribution in [2.24, 2.45) is 7.05 Å². The standard InChI is InChI=1S/C29H26N6O4S3/c1-34-29(31-32-33-34)42-17-20-16-41-27-23(30-22(36)15-21-13-8-14-40-21)26(37)35(27)24(20)28(38)39-25(18-9-4-2-5-10-18)19-11-6-3-7-12-19/h2-14,23,25,27H,15-17H2,1H3,(H,30,36)/t23-,27+/m1/s1. The Morgan fingerprint density at radius 3 is 2.40 bits per heavy atom. The Balaban J connectivity index is 1.27. The molecule has 2 aromatic carbocycles. The van der Waals surface area contributed by atoms with Gasteiger partial charge >= 0.3 is 5.97 Å². The van der Waals surface area contributed by atoms with E-state index in [9.17, 15) is 14.4 Å². The molecule has 2 atom stereocenters. The number of hydrogen-bond donors (Lipinski definition) is 1. The van der Waals surface area contributed by atoms with Crippen molar-refractivity contribution < 1.29 is 19.1 Å². The molecule has 2 aliphatic rings. The van der Waals surface area contributed by atoms with Crippen LogP contribution in [0.25, 0.3) is 0 Å². The third-order valence-corrected chi connectivity index (χ3v) is 10.2. The van der Waals surface area contributed by atoms with Gasteiger partial charge in [-0.3, -0.25) is 14.5 Å². The Kier molecular flexibility index (Phi) is 8.40. The van der Waals surface area contributed by atoms with E-state index in [2.05, 4.69) is 20.8 Å². The largest absolute Gasteiger partial charge is 0.448 e. The molecule has 2 amide bonds. The van der Waals surface area contributed by atoms with Gasteiger partial charge in [0.25, 0.3) is 5.91 Å². The zero-order valence-corrected chi connectivity index (χ0v) is 24.9. The van der Waals surface area contributed by atoms with Crippen LogP contribution in [-0.4, -0.2) is 65.8 Å². The number of hydrogen-bond acceptors (Lipinski definition) is 10. The SMILES string of the molecule is Cn1nnnc1SCC1=C(C(=O)OC(c2ccccc2)c2ccccc2)N2C(=O)[C@@H](NC(=O)Cc3cccs3)[C@@H]2SC1. The summed E-state index contributed by atoms with van der Waals surface area (Å²) in [5.74, 6) is -0.290. The molecule has 1 N–H and O–H groups in total. The highest BCUT2D eigenvalue weighted by Gasteiger charge is 2.54. The summed E-state index contributed by atoms with van der Waals surface area (Å²) >= 11 is 4.38. The molecule has 0 unspecified atom stereocenters. The van der Waals surface area contributed by atoms with Crippen molar-refractivity contribution in [1.82, 2.24) is 30.4 Å². The number of thiophene rings is 1. The number of esters is 1. The number of nitrogens with one attached hydrogen (secondary N) is 1. The number of carbonyl (C=O) groups is 3. The summed E-state index contributed by atoms with van der Waals surface area (Å²) in [6.45, 7) is 0. The maximum Gasteiger partial charge on any atom is 0.356 e. The number of benzene rings is 2. The molecule has 2 aromatic heterocycles. The number of nitrogens with zero attached hydrogens (tertiary/aromatic N) is 5. The predicted octanol–water partition coefficient (Wildman–Crippen LogP) is 3.59. The first kappa shape index (κ1) is 28.2. The lowest BCUT2D eigenvalue weighted by Gasteiger charge is -2.49. The second kappa shape index (κ2) is 12.5. The highest BCUT2D eigenvalue weighted by Crippen LogP contribution is 2.42. The maximum absolute atomic E-state index is 14.0. The molecule has 1 fully saturated rings. The van der Waals surface area contributed by atoms with Crippen molar-refractivity contribution in [1.29, 1.82) is 0 Å². The highest BCUT2D eigenvalue weighted by atomic mass is 32.2. The van der Waals surface area contributed by atoms with Gasteiger partial charge < -0.3 is 10.1 Å². The van der Waals surface area contributed by atoms with Gasteiger partial charge in [-0.2, -0.15) is 0 Å². The van der Waals surface area contributed by atoms with Crippen LogP contribution in [0.15, 0.2) is 94.6 Å².